The largest absolute Gasteiger partial charge is 0.347 e. The van der Waals surface area contributed by atoms with E-state index in [2.05, 4.69) is 10.6 Å². The van der Waals surface area contributed by atoms with Crippen LogP contribution >= 0.6 is 0 Å². The van der Waals surface area contributed by atoms with Gasteiger partial charge < -0.3 is 16.4 Å². The number of hydrogen-bond donors (Lipinski definition) is 3. The van der Waals surface area contributed by atoms with Crippen LogP contribution in [-0.2, 0) is 9.59 Å². The lowest BCUT2D eigenvalue weighted by Gasteiger charge is -2.10. The maximum absolute atomic E-state index is 11.5. The second kappa shape index (κ2) is 6.65. The highest BCUT2D eigenvalue weighted by Gasteiger charge is 2.11. The molecule has 17 heavy (non-hydrogen) atoms. The van der Waals surface area contributed by atoms with Crippen LogP contribution in [0, 0.1) is 5.92 Å². The Balaban J connectivity index is 2.34. The summed E-state index contributed by atoms with van der Waals surface area (Å²) in [4.78, 5) is 22.8. The van der Waals surface area contributed by atoms with E-state index >= 15 is 0 Å². The molecule has 0 fully saturated rings. The number of hydrogen-bond acceptors (Lipinski definition) is 3. The van der Waals surface area contributed by atoms with Gasteiger partial charge in [-0.2, -0.15) is 0 Å². The molecule has 1 unspecified atom stereocenters. The van der Waals surface area contributed by atoms with E-state index in [1.54, 1.807) is 19.1 Å². The highest BCUT2D eigenvalue weighted by atomic mass is 16.2. The Hall–Kier alpha value is -1.88. The number of para-hydroxylation sites is 1. The van der Waals surface area contributed by atoms with Gasteiger partial charge in [-0.1, -0.05) is 25.1 Å². The van der Waals surface area contributed by atoms with Crippen LogP contribution in [0.25, 0.3) is 0 Å². The van der Waals surface area contributed by atoms with E-state index in [-0.39, 0.29) is 30.8 Å². The summed E-state index contributed by atoms with van der Waals surface area (Å²) in [6.07, 6.45) is 0. The van der Waals surface area contributed by atoms with Crippen molar-refractivity contribution in [3.63, 3.8) is 0 Å². The molecule has 1 atom stereocenters. The average Bonchev–Trinajstić information content (AvgIpc) is 2.36. The third-order valence-electron chi connectivity index (χ3n) is 2.28. The minimum atomic E-state index is -0.278. The van der Waals surface area contributed by atoms with Crippen molar-refractivity contribution in [3.8, 4) is 0 Å². The first-order valence-corrected chi connectivity index (χ1v) is 5.46. The van der Waals surface area contributed by atoms with Crippen LogP contribution < -0.4 is 16.4 Å². The van der Waals surface area contributed by atoms with Crippen LogP contribution in [0.4, 0.5) is 5.69 Å². The molecule has 5 nitrogen and oxygen atoms in total. The molecule has 0 bridgehead atoms. The molecule has 1 aromatic rings. The third-order valence-corrected chi connectivity index (χ3v) is 2.28. The Morgan fingerprint density at radius 1 is 1.29 bits per heavy atom. The Labute approximate surface area is 100 Å². The summed E-state index contributed by atoms with van der Waals surface area (Å²) in [5.74, 6) is -0.746. The molecule has 92 valence electrons. The van der Waals surface area contributed by atoms with Gasteiger partial charge in [0, 0.05) is 18.2 Å². The van der Waals surface area contributed by atoms with Gasteiger partial charge in [-0.25, -0.2) is 0 Å². The fraction of sp³-hybridized carbons (Fsp3) is 0.333. The van der Waals surface area contributed by atoms with Gasteiger partial charge in [-0.05, 0) is 12.1 Å². The molecule has 4 N–H and O–H groups in total. The van der Waals surface area contributed by atoms with E-state index in [9.17, 15) is 9.59 Å². The quantitative estimate of drug-likeness (QED) is 0.688. The summed E-state index contributed by atoms with van der Waals surface area (Å²) in [5.41, 5.74) is 6.05. The van der Waals surface area contributed by atoms with Crippen molar-refractivity contribution in [2.24, 2.45) is 11.7 Å². The summed E-state index contributed by atoms with van der Waals surface area (Å²) in [6.45, 7) is 1.94. The van der Waals surface area contributed by atoms with Crippen LogP contribution in [0.3, 0.4) is 0 Å². The Bertz CT molecular complexity index is 379. The SMILES string of the molecule is CC(CN)C(=O)NCC(=O)Nc1ccccc1. The van der Waals surface area contributed by atoms with Crippen LogP contribution in [-0.4, -0.2) is 24.9 Å². The highest BCUT2D eigenvalue weighted by Crippen LogP contribution is 2.03. The number of carbonyl (C=O) groups excluding carboxylic acids is 2. The van der Waals surface area contributed by atoms with Crippen molar-refractivity contribution in [1.29, 1.82) is 0 Å². The predicted octanol–water partition coefficient (Wildman–Crippen LogP) is 0.336. The monoisotopic (exact) mass is 235 g/mol. The fourth-order valence-corrected chi connectivity index (χ4v) is 1.18. The van der Waals surface area contributed by atoms with E-state index in [4.69, 9.17) is 5.73 Å². The lowest BCUT2D eigenvalue weighted by molar-refractivity contribution is -0.126. The minimum Gasteiger partial charge on any atom is -0.347 e. The van der Waals surface area contributed by atoms with E-state index in [1.807, 2.05) is 18.2 Å². The summed E-state index contributed by atoms with van der Waals surface area (Å²) in [5, 5.41) is 5.19. The molecule has 0 aliphatic carbocycles. The van der Waals surface area contributed by atoms with Crippen molar-refractivity contribution >= 4 is 17.5 Å². The van der Waals surface area contributed by atoms with Crippen molar-refractivity contribution in [2.45, 2.75) is 6.92 Å². The second-order valence-corrected chi connectivity index (χ2v) is 3.77. The lowest BCUT2D eigenvalue weighted by atomic mass is 10.2. The van der Waals surface area contributed by atoms with Crippen LogP contribution in [0.5, 0.6) is 0 Å². The molecule has 0 saturated heterocycles. The molecule has 0 spiro atoms. The van der Waals surface area contributed by atoms with Crippen molar-refractivity contribution < 1.29 is 9.59 Å². The van der Waals surface area contributed by atoms with E-state index in [0.717, 1.165) is 0 Å². The van der Waals surface area contributed by atoms with Crippen LogP contribution in [0.15, 0.2) is 30.3 Å². The molecule has 0 heterocycles. The molecule has 5 heteroatoms. The van der Waals surface area contributed by atoms with Gasteiger partial charge in [0.15, 0.2) is 0 Å². The molecule has 1 aromatic carbocycles. The molecular formula is C12H17N3O2. The van der Waals surface area contributed by atoms with Gasteiger partial charge in [0.1, 0.15) is 0 Å². The summed E-state index contributed by atoms with van der Waals surface area (Å²) >= 11 is 0. The lowest BCUT2D eigenvalue weighted by Crippen LogP contribution is -2.38. The van der Waals surface area contributed by atoms with Crippen molar-refractivity contribution in [3.05, 3.63) is 30.3 Å². The van der Waals surface area contributed by atoms with Gasteiger partial charge in [-0.3, -0.25) is 9.59 Å². The van der Waals surface area contributed by atoms with Gasteiger partial charge in [0.25, 0.3) is 0 Å². The standard InChI is InChI=1S/C12H17N3O2/c1-9(7-13)12(17)14-8-11(16)15-10-5-3-2-4-6-10/h2-6,9H,7-8,13H2,1H3,(H,14,17)(H,15,16). The predicted molar refractivity (Wildman–Crippen MR) is 66.3 cm³/mol. The maximum atomic E-state index is 11.5. The number of benzene rings is 1. The first-order valence-electron chi connectivity index (χ1n) is 5.46. The zero-order chi connectivity index (χ0) is 12.7. The Kier molecular flexibility index (Phi) is 5.16. The number of anilines is 1. The maximum Gasteiger partial charge on any atom is 0.243 e. The highest BCUT2D eigenvalue weighted by molar-refractivity contribution is 5.94. The molecule has 1 rings (SSSR count). The Morgan fingerprint density at radius 2 is 1.94 bits per heavy atom. The number of carbonyl (C=O) groups is 2. The third kappa shape index (κ3) is 4.65. The fourth-order valence-electron chi connectivity index (χ4n) is 1.18. The van der Waals surface area contributed by atoms with E-state index in [0.29, 0.717) is 5.69 Å². The zero-order valence-electron chi connectivity index (χ0n) is 9.77. The van der Waals surface area contributed by atoms with Crippen LogP contribution in [0.1, 0.15) is 6.92 Å². The number of amides is 2. The summed E-state index contributed by atoms with van der Waals surface area (Å²) < 4.78 is 0. The normalized spacial score (nSPS) is 11.6. The van der Waals surface area contributed by atoms with E-state index in [1.165, 1.54) is 0 Å². The molecule has 0 aliphatic rings. The topological polar surface area (TPSA) is 84.2 Å². The molecule has 0 aliphatic heterocycles. The van der Waals surface area contributed by atoms with Gasteiger partial charge >= 0.3 is 0 Å². The van der Waals surface area contributed by atoms with Gasteiger partial charge in [0.05, 0.1) is 6.54 Å². The van der Waals surface area contributed by atoms with Crippen molar-refractivity contribution in [1.82, 2.24) is 5.32 Å². The zero-order valence-corrected chi connectivity index (χ0v) is 9.77. The molecule has 0 saturated carbocycles. The van der Waals surface area contributed by atoms with Crippen LogP contribution in [0.2, 0.25) is 0 Å². The van der Waals surface area contributed by atoms with Gasteiger partial charge in [-0.15, -0.1) is 0 Å². The summed E-state index contributed by atoms with van der Waals surface area (Å²) in [7, 11) is 0. The first kappa shape index (κ1) is 13.2. The minimum absolute atomic E-state index is 0.0436. The number of nitrogens with one attached hydrogen (secondary N) is 2. The molecule has 0 radical (unpaired) electrons. The smallest absolute Gasteiger partial charge is 0.243 e. The molecule has 0 aromatic heterocycles. The Morgan fingerprint density at radius 3 is 2.53 bits per heavy atom. The van der Waals surface area contributed by atoms with Crippen molar-refractivity contribution in [2.75, 3.05) is 18.4 Å². The van der Waals surface area contributed by atoms with E-state index < -0.39 is 0 Å². The summed E-state index contributed by atoms with van der Waals surface area (Å²) in [6, 6.07) is 9.07. The van der Waals surface area contributed by atoms with Gasteiger partial charge in [0.2, 0.25) is 11.8 Å². The second-order valence-electron chi connectivity index (χ2n) is 3.77. The first-order chi connectivity index (χ1) is 8.13. The molecule has 2 amide bonds. The number of nitrogens with two attached hydrogens (primary N) is 1. The number of rotatable bonds is 5. The molecular weight excluding hydrogens is 218 g/mol. The average molecular weight is 235 g/mol.